The van der Waals surface area contributed by atoms with E-state index in [0.717, 1.165) is 19.5 Å². The van der Waals surface area contributed by atoms with Crippen LogP contribution >= 0.6 is 0 Å². The summed E-state index contributed by atoms with van der Waals surface area (Å²) in [6, 6.07) is 0.281. The van der Waals surface area contributed by atoms with Crippen molar-refractivity contribution < 1.29 is 9.53 Å². The van der Waals surface area contributed by atoms with Gasteiger partial charge < -0.3 is 19.9 Å². The number of nitrogens with zero attached hydrogens (tertiary/aromatic N) is 5. The Morgan fingerprint density at radius 1 is 1.24 bits per heavy atom. The lowest BCUT2D eigenvalue weighted by molar-refractivity contribution is -0.127. The smallest absolute Gasteiger partial charge is 0.323 e. The van der Waals surface area contributed by atoms with Gasteiger partial charge in [-0.25, -0.2) is 0 Å². The predicted molar refractivity (Wildman–Crippen MR) is 79.6 cm³/mol. The highest BCUT2D eigenvalue weighted by Gasteiger charge is 2.22. The van der Waals surface area contributed by atoms with Gasteiger partial charge in [-0.1, -0.05) is 0 Å². The monoisotopic (exact) mass is 294 g/mol. The van der Waals surface area contributed by atoms with Crippen LogP contribution in [0.2, 0.25) is 0 Å². The number of hydrogen-bond donors (Lipinski definition) is 1. The third-order valence-electron chi connectivity index (χ3n) is 3.17. The first kappa shape index (κ1) is 15.3. The highest BCUT2D eigenvalue weighted by molar-refractivity contribution is 5.81. The number of nitrogens with one attached hydrogen (secondary N) is 1. The van der Waals surface area contributed by atoms with Crippen LogP contribution in [-0.4, -0.2) is 65.6 Å². The molecule has 0 saturated carbocycles. The molecule has 1 fully saturated rings. The molecule has 116 valence electrons. The number of likely N-dealkylation sites (N-methyl/N-ethyl adjacent to an activating group) is 1. The van der Waals surface area contributed by atoms with E-state index in [1.54, 1.807) is 4.90 Å². The molecule has 0 aliphatic carbocycles. The third kappa shape index (κ3) is 3.93. The molecule has 0 unspecified atom stereocenters. The van der Waals surface area contributed by atoms with Crippen molar-refractivity contribution in [2.45, 2.75) is 20.3 Å². The van der Waals surface area contributed by atoms with Crippen molar-refractivity contribution in [1.29, 1.82) is 0 Å². The summed E-state index contributed by atoms with van der Waals surface area (Å²) in [7, 11) is 1.81. The van der Waals surface area contributed by atoms with Gasteiger partial charge in [-0.3, -0.25) is 4.79 Å². The lowest BCUT2D eigenvalue weighted by Gasteiger charge is -2.20. The van der Waals surface area contributed by atoms with Crippen molar-refractivity contribution in [2.24, 2.45) is 0 Å². The Kier molecular flexibility index (Phi) is 5.13. The van der Waals surface area contributed by atoms with Crippen molar-refractivity contribution >= 4 is 17.8 Å². The minimum Gasteiger partial charge on any atom is -0.464 e. The zero-order valence-electron chi connectivity index (χ0n) is 12.8. The molecule has 1 saturated heterocycles. The maximum absolute atomic E-state index is 12.0. The maximum Gasteiger partial charge on any atom is 0.323 e. The summed E-state index contributed by atoms with van der Waals surface area (Å²) in [5, 5.41) is 3.06. The summed E-state index contributed by atoms with van der Waals surface area (Å²) >= 11 is 0. The minimum atomic E-state index is 0.0656. The van der Waals surface area contributed by atoms with Crippen LogP contribution in [0.4, 0.5) is 11.9 Å². The second-order valence-electron chi connectivity index (χ2n) is 4.80. The molecule has 1 aliphatic heterocycles. The first-order chi connectivity index (χ1) is 10.1. The summed E-state index contributed by atoms with van der Waals surface area (Å²) in [4.78, 5) is 28.4. The van der Waals surface area contributed by atoms with Crippen LogP contribution in [0, 0.1) is 0 Å². The van der Waals surface area contributed by atoms with E-state index in [9.17, 15) is 4.79 Å². The summed E-state index contributed by atoms with van der Waals surface area (Å²) in [6.45, 7) is 6.79. The molecule has 2 rings (SSSR count). The maximum atomic E-state index is 12.0. The Morgan fingerprint density at radius 2 is 2.05 bits per heavy atom. The van der Waals surface area contributed by atoms with E-state index in [1.807, 2.05) is 25.8 Å². The van der Waals surface area contributed by atoms with Crippen LogP contribution in [-0.2, 0) is 4.79 Å². The molecule has 8 nitrogen and oxygen atoms in total. The summed E-state index contributed by atoms with van der Waals surface area (Å²) in [6.07, 6.45) is 0.883. The number of hydrogen-bond acceptors (Lipinski definition) is 7. The molecule has 0 spiro atoms. The van der Waals surface area contributed by atoms with Gasteiger partial charge in [0.2, 0.25) is 17.8 Å². The molecule has 21 heavy (non-hydrogen) atoms. The van der Waals surface area contributed by atoms with E-state index in [0.29, 0.717) is 25.0 Å². The number of carbonyl (C=O) groups is 1. The van der Waals surface area contributed by atoms with Crippen LogP contribution < -0.4 is 15.0 Å². The highest BCUT2D eigenvalue weighted by atomic mass is 16.5. The molecule has 1 aliphatic rings. The summed E-state index contributed by atoms with van der Waals surface area (Å²) < 4.78 is 5.38. The molecule has 0 atom stereocenters. The second-order valence-corrected chi connectivity index (χ2v) is 4.80. The SMILES string of the molecule is CCNc1nc(OCC)nc(N2CCCN(C)C(=O)C2)n1. The van der Waals surface area contributed by atoms with E-state index in [-0.39, 0.29) is 18.5 Å². The Labute approximate surface area is 124 Å². The van der Waals surface area contributed by atoms with Gasteiger partial charge in [0.1, 0.15) is 0 Å². The fraction of sp³-hybridized carbons (Fsp3) is 0.692. The second kappa shape index (κ2) is 7.05. The van der Waals surface area contributed by atoms with Gasteiger partial charge in [0, 0.05) is 26.7 Å². The predicted octanol–water partition coefficient (Wildman–Crippen LogP) is 0.371. The van der Waals surface area contributed by atoms with Gasteiger partial charge in [-0.2, -0.15) is 15.0 Å². The highest BCUT2D eigenvalue weighted by Crippen LogP contribution is 2.17. The molecule has 1 aromatic rings. The molecule has 0 aromatic carbocycles. The van der Waals surface area contributed by atoms with E-state index >= 15 is 0 Å². The number of carbonyl (C=O) groups excluding carboxylic acids is 1. The van der Waals surface area contributed by atoms with Crippen LogP contribution in [0.5, 0.6) is 6.01 Å². The number of amides is 1. The molecular formula is C13H22N6O2. The van der Waals surface area contributed by atoms with Crippen LogP contribution in [0.3, 0.4) is 0 Å². The lowest BCUT2D eigenvalue weighted by Crippen LogP contribution is -2.35. The first-order valence-electron chi connectivity index (χ1n) is 7.25. The average molecular weight is 294 g/mol. The van der Waals surface area contributed by atoms with Crippen molar-refractivity contribution in [1.82, 2.24) is 19.9 Å². The fourth-order valence-electron chi connectivity index (χ4n) is 2.08. The minimum absolute atomic E-state index is 0.0656. The third-order valence-corrected chi connectivity index (χ3v) is 3.17. The number of aromatic nitrogens is 3. The molecule has 0 radical (unpaired) electrons. The van der Waals surface area contributed by atoms with E-state index in [2.05, 4.69) is 20.3 Å². The molecule has 1 amide bonds. The largest absolute Gasteiger partial charge is 0.464 e. The lowest BCUT2D eigenvalue weighted by atomic mass is 10.4. The van der Waals surface area contributed by atoms with Crippen LogP contribution in [0.15, 0.2) is 0 Å². The fourth-order valence-corrected chi connectivity index (χ4v) is 2.08. The van der Waals surface area contributed by atoms with Gasteiger partial charge in [0.25, 0.3) is 0 Å². The summed E-state index contributed by atoms with van der Waals surface area (Å²) in [5.41, 5.74) is 0. The van der Waals surface area contributed by atoms with Crippen molar-refractivity contribution in [2.75, 3.05) is 50.1 Å². The van der Waals surface area contributed by atoms with Crippen LogP contribution in [0.25, 0.3) is 0 Å². The van der Waals surface area contributed by atoms with E-state index in [1.165, 1.54) is 0 Å². The standard InChI is InChI=1S/C13H22N6O2/c1-4-14-11-15-12(17-13(16-11)21-5-2)19-8-6-7-18(3)10(20)9-19/h4-9H2,1-3H3,(H,14,15,16,17). The normalized spacial score (nSPS) is 15.9. The van der Waals surface area contributed by atoms with Gasteiger partial charge in [-0.15, -0.1) is 0 Å². The number of ether oxygens (including phenoxy) is 1. The quantitative estimate of drug-likeness (QED) is 0.840. The van der Waals surface area contributed by atoms with Gasteiger partial charge >= 0.3 is 6.01 Å². The molecule has 0 bridgehead atoms. The molecule has 1 N–H and O–H groups in total. The average Bonchev–Trinajstić information content (AvgIpc) is 2.62. The molecule has 2 heterocycles. The van der Waals surface area contributed by atoms with E-state index < -0.39 is 0 Å². The summed E-state index contributed by atoms with van der Waals surface area (Å²) in [5.74, 6) is 1.01. The Balaban J connectivity index is 2.25. The molecule has 8 heteroatoms. The van der Waals surface area contributed by atoms with Crippen molar-refractivity contribution in [3.63, 3.8) is 0 Å². The van der Waals surface area contributed by atoms with E-state index in [4.69, 9.17) is 4.74 Å². The first-order valence-corrected chi connectivity index (χ1v) is 7.25. The van der Waals surface area contributed by atoms with Crippen molar-refractivity contribution in [3.8, 4) is 6.01 Å². The topological polar surface area (TPSA) is 83.5 Å². The zero-order valence-corrected chi connectivity index (χ0v) is 12.8. The molecular weight excluding hydrogens is 272 g/mol. The Hall–Kier alpha value is -2.12. The van der Waals surface area contributed by atoms with Crippen LogP contribution in [0.1, 0.15) is 20.3 Å². The van der Waals surface area contributed by atoms with Gasteiger partial charge in [-0.05, 0) is 20.3 Å². The number of rotatable bonds is 5. The van der Waals surface area contributed by atoms with Gasteiger partial charge in [0.05, 0.1) is 13.2 Å². The molecule has 1 aromatic heterocycles. The number of anilines is 2. The zero-order chi connectivity index (χ0) is 15.2. The van der Waals surface area contributed by atoms with Gasteiger partial charge in [0.15, 0.2) is 0 Å². The Morgan fingerprint density at radius 3 is 2.76 bits per heavy atom. The van der Waals surface area contributed by atoms with Crippen molar-refractivity contribution in [3.05, 3.63) is 0 Å². The Bertz CT molecular complexity index is 471.